The van der Waals surface area contributed by atoms with Crippen LogP contribution >= 0.6 is 0 Å². The monoisotopic (exact) mass is 270 g/mol. The molecular weight excluding hydrogens is 261 g/mol. The molecule has 0 fully saturated rings. The number of aromatic nitrogens is 2. The van der Waals surface area contributed by atoms with Crippen LogP contribution in [0.3, 0.4) is 0 Å². The molecule has 0 aliphatic carbocycles. The van der Waals surface area contributed by atoms with Crippen molar-refractivity contribution in [3.8, 4) is 5.75 Å². The second-order valence-corrected chi connectivity index (χ2v) is 3.74. The summed E-state index contributed by atoms with van der Waals surface area (Å²) >= 11 is 0. The predicted octanol–water partition coefficient (Wildman–Crippen LogP) is 2.55. The number of ether oxygens (including phenoxy) is 1. The van der Waals surface area contributed by atoms with E-state index in [1.807, 2.05) is 0 Å². The minimum absolute atomic E-state index is 0.262. The summed E-state index contributed by atoms with van der Waals surface area (Å²) in [6, 6.07) is 6.27. The predicted molar refractivity (Wildman–Crippen MR) is 59.8 cm³/mol. The van der Waals surface area contributed by atoms with Crippen molar-refractivity contribution in [2.24, 2.45) is 7.05 Å². The number of benzene rings is 1. The minimum Gasteiger partial charge on any atom is -0.406 e. The van der Waals surface area contributed by atoms with Gasteiger partial charge in [0, 0.05) is 18.8 Å². The number of hydrogen-bond acceptors (Lipinski definition) is 3. The summed E-state index contributed by atoms with van der Waals surface area (Å²) in [5.74, 6) is -0.687. The van der Waals surface area contributed by atoms with Crippen LogP contribution in [-0.4, -0.2) is 21.9 Å². The van der Waals surface area contributed by atoms with Crippen LogP contribution in [0.1, 0.15) is 16.1 Å². The van der Waals surface area contributed by atoms with Crippen LogP contribution in [0.25, 0.3) is 0 Å². The number of halogens is 3. The summed E-state index contributed by atoms with van der Waals surface area (Å²) in [5.41, 5.74) is 0.614. The van der Waals surface area contributed by atoms with Gasteiger partial charge in [-0.05, 0) is 30.3 Å². The number of ketones is 1. The Hall–Kier alpha value is -2.31. The average Bonchev–Trinajstić information content (AvgIpc) is 2.73. The molecule has 0 aliphatic heterocycles. The van der Waals surface area contributed by atoms with Crippen molar-refractivity contribution in [1.29, 1.82) is 0 Å². The van der Waals surface area contributed by atoms with Gasteiger partial charge in [0.25, 0.3) is 0 Å². The lowest BCUT2D eigenvalue weighted by atomic mass is 10.1. The van der Waals surface area contributed by atoms with E-state index in [9.17, 15) is 18.0 Å². The van der Waals surface area contributed by atoms with Gasteiger partial charge in [0.2, 0.25) is 5.78 Å². The Morgan fingerprint density at radius 2 is 1.84 bits per heavy atom. The van der Waals surface area contributed by atoms with E-state index in [1.165, 1.54) is 29.1 Å². The van der Waals surface area contributed by atoms with E-state index in [0.717, 1.165) is 12.1 Å². The highest BCUT2D eigenvalue weighted by atomic mass is 19.4. The van der Waals surface area contributed by atoms with E-state index in [1.54, 1.807) is 7.05 Å². The van der Waals surface area contributed by atoms with Crippen LogP contribution < -0.4 is 4.74 Å². The third-order valence-corrected chi connectivity index (χ3v) is 2.40. The molecule has 0 radical (unpaired) electrons. The van der Waals surface area contributed by atoms with E-state index in [2.05, 4.69) is 9.84 Å². The maximum atomic E-state index is 12.0. The molecule has 1 aromatic heterocycles. The maximum absolute atomic E-state index is 12.0. The first-order chi connectivity index (χ1) is 8.87. The van der Waals surface area contributed by atoms with Gasteiger partial charge in [-0.1, -0.05) is 0 Å². The van der Waals surface area contributed by atoms with Crippen molar-refractivity contribution in [2.45, 2.75) is 6.36 Å². The largest absolute Gasteiger partial charge is 0.573 e. The number of nitrogens with zero attached hydrogens (tertiary/aromatic N) is 2. The van der Waals surface area contributed by atoms with Crippen LogP contribution in [0.15, 0.2) is 36.5 Å². The van der Waals surface area contributed by atoms with Crippen molar-refractivity contribution in [2.75, 3.05) is 0 Å². The smallest absolute Gasteiger partial charge is 0.406 e. The number of aryl methyl sites for hydroxylation is 1. The normalized spacial score (nSPS) is 11.4. The molecule has 1 aromatic carbocycles. The first kappa shape index (κ1) is 13.1. The molecular formula is C12H9F3N2O2. The highest BCUT2D eigenvalue weighted by Gasteiger charge is 2.31. The minimum atomic E-state index is -4.74. The molecule has 0 bridgehead atoms. The summed E-state index contributed by atoms with van der Waals surface area (Å²) in [5, 5.41) is 3.85. The summed E-state index contributed by atoms with van der Waals surface area (Å²) in [7, 11) is 1.61. The van der Waals surface area contributed by atoms with E-state index < -0.39 is 6.36 Å². The van der Waals surface area contributed by atoms with Gasteiger partial charge in [-0.3, -0.25) is 9.48 Å². The molecule has 0 amide bonds. The van der Waals surface area contributed by atoms with Gasteiger partial charge in [0.15, 0.2) is 0 Å². The average molecular weight is 270 g/mol. The van der Waals surface area contributed by atoms with Crippen molar-refractivity contribution < 1.29 is 22.7 Å². The Labute approximate surface area is 106 Å². The molecule has 2 aromatic rings. The highest BCUT2D eigenvalue weighted by Crippen LogP contribution is 2.23. The molecule has 0 aliphatic rings. The Kier molecular flexibility index (Phi) is 3.28. The molecule has 0 atom stereocenters. The zero-order chi connectivity index (χ0) is 14.0. The summed E-state index contributed by atoms with van der Waals surface area (Å²) in [4.78, 5) is 12.0. The summed E-state index contributed by atoms with van der Waals surface area (Å²) in [6.45, 7) is 0. The van der Waals surface area contributed by atoms with Gasteiger partial charge in [0.1, 0.15) is 11.4 Å². The summed E-state index contributed by atoms with van der Waals surface area (Å²) < 4.78 is 41.0. The molecule has 2 rings (SSSR count). The van der Waals surface area contributed by atoms with E-state index in [4.69, 9.17) is 0 Å². The molecule has 0 saturated carbocycles. The fraction of sp³-hybridized carbons (Fsp3) is 0.167. The molecule has 0 spiro atoms. The third-order valence-electron chi connectivity index (χ3n) is 2.40. The highest BCUT2D eigenvalue weighted by molar-refractivity contribution is 6.07. The van der Waals surface area contributed by atoms with Crippen molar-refractivity contribution in [1.82, 2.24) is 9.78 Å². The fourth-order valence-corrected chi connectivity index (χ4v) is 1.55. The van der Waals surface area contributed by atoms with Gasteiger partial charge in [0.05, 0.1) is 0 Å². The molecule has 4 nitrogen and oxygen atoms in total. The maximum Gasteiger partial charge on any atom is 0.573 e. The zero-order valence-electron chi connectivity index (χ0n) is 9.81. The van der Waals surface area contributed by atoms with Gasteiger partial charge in [-0.25, -0.2) is 0 Å². The Balaban J connectivity index is 2.19. The number of carbonyl (C=O) groups excluding carboxylic acids is 1. The lowest BCUT2D eigenvalue weighted by Gasteiger charge is -2.09. The molecule has 100 valence electrons. The van der Waals surface area contributed by atoms with Gasteiger partial charge < -0.3 is 4.74 Å². The molecule has 7 heteroatoms. The van der Waals surface area contributed by atoms with Crippen LogP contribution in [-0.2, 0) is 7.05 Å². The van der Waals surface area contributed by atoms with Gasteiger partial charge in [-0.15, -0.1) is 13.2 Å². The van der Waals surface area contributed by atoms with Crippen LogP contribution in [0.2, 0.25) is 0 Å². The Bertz CT molecular complexity index is 588. The van der Waals surface area contributed by atoms with Crippen LogP contribution in [0.5, 0.6) is 5.75 Å². The zero-order valence-corrected chi connectivity index (χ0v) is 9.81. The number of rotatable bonds is 3. The van der Waals surface area contributed by atoms with Gasteiger partial charge >= 0.3 is 6.36 Å². The van der Waals surface area contributed by atoms with E-state index in [0.29, 0.717) is 5.69 Å². The molecule has 1 heterocycles. The van der Waals surface area contributed by atoms with Crippen molar-refractivity contribution in [3.05, 3.63) is 47.8 Å². The fourth-order valence-electron chi connectivity index (χ4n) is 1.55. The molecule has 19 heavy (non-hydrogen) atoms. The van der Waals surface area contributed by atoms with E-state index >= 15 is 0 Å². The number of hydrogen-bond donors (Lipinski definition) is 0. The number of alkyl halides is 3. The van der Waals surface area contributed by atoms with Crippen molar-refractivity contribution in [3.63, 3.8) is 0 Å². The second-order valence-electron chi connectivity index (χ2n) is 3.74. The van der Waals surface area contributed by atoms with E-state index in [-0.39, 0.29) is 17.1 Å². The SMILES string of the molecule is Cn1nccc1C(=O)c1ccc(OC(F)(F)F)cc1. The van der Waals surface area contributed by atoms with Gasteiger partial charge in [-0.2, -0.15) is 5.10 Å². The quantitative estimate of drug-likeness (QED) is 0.805. The van der Waals surface area contributed by atoms with Crippen LogP contribution in [0, 0.1) is 0 Å². The second kappa shape index (κ2) is 4.75. The molecule has 0 saturated heterocycles. The lowest BCUT2D eigenvalue weighted by molar-refractivity contribution is -0.274. The first-order valence-corrected chi connectivity index (χ1v) is 5.25. The Morgan fingerprint density at radius 3 is 2.32 bits per heavy atom. The number of carbonyl (C=O) groups is 1. The third kappa shape index (κ3) is 3.12. The lowest BCUT2D eigenvalue weighted by Crippen LogP contribution is -2.17. The van der Waals surface area contributed by atoms with Crippen LogP contribution in [0.4, 0.5) is 13.2 Å². The molecule has 0 N–H and O–H groups in total. The summed E-state index contributed by atoms with van der Waals surface area (Å²) in [6.07, 6.45) is -3.28. The topological polar surface area (TPSA) is 44.1 Å². The Morgan fingerprint density at radius 1 is 1.21 bits per heavy atom. The molecule has 0 unspecified atom stereocenters. The standard InChI is InChI=1S/C12H9F3N2O2/c1-17-10(6-7-16-17)11(18)8-2-4-9(5-3-8)19-12(13,14)15/h2-7H,1H3. The first-order valence-electron chi connectivity index (χ1n) is 5.25. The van der Waals surface area contributed by atoms with Crippen molar-refractivity contribution >= 4 is 5.78 Å².